The Hall–Kier alpha value is -3.82. The van der Waals surface area contributed by atoms with Crippen molar-refractivity contribution in [3.63, 3.8) is 0 Å². The number of fused-ring (bicyclic) bond motifs is 1. The molecule has 0 bridgehead atoms. The van der Waals surface area contributed by atoms with E-state index in [1.165, 1.54) is 17.8 Å². The van der Waals surface area contributed by atoms with E-state index in [-0.39, 0.29) is 17.3 Å². The lowest BCUT2D eigenvalue weighted by molar-refractivity contribution is -0.0609. The smallest absolute Gasteiger partial charge is 0.338 e. The van der Waals surface area contributed by atoms with E-state index < -0.39 is 36.0 Å². The first-order chi connectivity index (χ1) is 18.3. The van der Waals surface area contributed by atoms with E-state index in [4.69, 9.17) is 25.8 Å². The summed E-state index contributed by atoms with van der Waals surface area (Å²) in [6.07, 6.45) is -0.167. The molecule has 5 rings (SSSR count). The van der Waals surface area contributed by atoms with Crippen LogP contribution >= 0.6 is 11.6 Å². The van der Waals surface area contributed by atoms with Gasteiger partial charge in [0.2, 0.25) is 0 Å². The van der Waals surface area contributed by atoms with Gasteiger partial charge in [0.25, 0.3) is 0 Å². The van der Waals surface area contributed by atoms with E-state index in [0.29, 0.717) is 23.0 Å². The Morgan fingerprint density at radius 3 is 2.32 bits per heavy atom. The number of rotatable bonds is 7. The molecule has 4 unspecified atom stereocenters. The summed E-state index contributed by atoms with van der Waals surface area (Å²) in [6.45, 7) is 2.88. The first kappa shape index (κ1) is 25.8. The lowest BCUT2D eigenvalue weighted by atomic mass is 9.98. The van der Waals surface area contributed by atoms with Crippen LogP contribution in [0.25, 0.3) is 11.0 Å². The molecule has 4 atom stereocenters. The van der Waals surface area contributed by atoms with E-state index in [1.54, 1.807) is 66.9 Å². The number of hydrogen-bond donors (Lipinski definition) is 0. The van der Waals surface area contributed by atoms with Gasteiger partial charge in [-0.15, -0.1) is 0 Å². The number of carbonyl (C=O) groups excluding carboxylic acids is 2. The van der Waals surface area contributed by atoms with Crippen molar-refractivity contribution >= 4 is 34.6 Å². The van der Waals surface area contributed by atoms with E-state index in [2.05, 4.69) is 9.97 Å². The van der Waals surface area contributed by atoms with Crippen molar-refractivity contribution < 1.29 is 28.2 Å². The van der Waals surface area contributed by atoms with Gasteiger partial charge in [0.1, 0.15) is 29.8 Å². The zero-order valence-corrected chi connectivity index (χ0v) is 21.5. The second-order valence-electron chi connectivity index (χ2n) is 9.11. The van der Waals surface area contributed by atoms with Gasteiger partial charge in [-0.25, -0.2) is 23.9 Å². The van der Waals surface area contributed by atoms with Gasteiger partial charge in [0, 0.05) is 6.20 Å². The molecule has 0 aliphatic carbocycles. The molecule has 0 amide bonds. The molecular weight excluding hydrogens is 513 g/mol. The summed E-state index contributed by atoms with van der Waals surface area (Å²) in [7, 11) is 0. The average molecular weight is 538 g/mol. The summed E-state index contributed by atoms with van der Waals surface area (Å²) < 4.78 is 35.5. The Kier molecular flexibility index (Phi) is 7.14. The highest BCUT2D eigenvalue weighted by molar-refractivity contribution is 6.34. The Bertz CT molecular complexity index is 1460. The highest BCUT2D eigenvalue weighted by Gasteiger charge is 2.58. The van der Waals surface area contributed by atoms with Gasteiger partial charge in [-0.1, -0.05) is 54.9 Å². The zero-order chi connectivity index (χ0) is 26.9. The number of ether oxygens (including phenoxy) is 3. The molecule has 0 radical (unpaired) electrons. The SMILES string of the molecule is CCc1cn(C2OC(COC(=O)c3ccccc3)C(OC(=O)c3ccccc3)C2(C)F)c2ncnc(Cl)c12. The molecule has 1 saturated heterocycles. The molecule has 10 heteroatoms. The van der Waals surface area contributed by atoms with Crippen molar-refractivity contribution in [2.24, 2.45) is 0 Å². The summed E-state index contributed by atoms with van der Waals surface area (Å²) >= 11 is 6.34. The second-order valence-corrected chi connectivity index (χ2v) is 9.47. The topological polar surface area (TPSA) is 92.5 Å². The number of aromatic nitrogens is 3. The predicted octanol–water partition coefficient (Wildman–Crippen LogP) is 5.36. The molecule has 196 valence electrons. The molecule has 2 aromatic carbocycles. The van der Waals surface area contributed by atoms with Crippen LogP contribution in [0.15, 0.2) is 73.2 Å². The van der Waals surface area contributed by atoms with Crippen LogP contribution in [0, 0.1) is 0 Å². The van der Waals surface area contributed by atoms with Crippen molar-refractivity contribution in [3.05, 3.63) is 95.0 Å². The van der Waals surface area contributed by atoms with Crippen LogP contribution < -0.4 is 0 Å². The van der Waals surface area contributed by atoms with E-state index in [0.717, 1.165) is 5.56 Å². The van der Waals surface area contributed by atoms with Crippen LogP contribution in [0.3, 0.4) is 0 Å². The molecule has 0 saturated carbocycles. The molecule has 1 aliphatic rings. The summed E-state index contributed by atoms with van der Waals surface area (Å²) in [5.41, 5.74) is -0.459. The molecule has 0 spiro atoms. The minimum Gasteiger partial charge on any atom is -0.459 e. The molecule has 4 aromatic rings. The summed E-state index contributed by atoms with van der Waals surface area (Å²) in [5, 5.41) is 0.831. The van der Waals surface area contributed by atoms with Crippen molar-refractivity contribution in [1.29, 1.82) is 0 Å². The normalized spacial score (nSPS) is 22.9. The fourth-order valence-electron chi connectivity index (χ4n) is 4.67. The standard InChI is InChI=1S/C28H25ClFN3O5/c1-3-17-14-33(24-21(17)23(29)31-16-32-24)27-28(2,30)22(38-26(35)19-12-8-5-9-13-19)20(37-27)15-36-25(34)18-10-6-4-7-11-18/h4-14,16,20,22,27H,3,15H2,1-2H3. The van der Waals surface area contributed by atoms with Crippen LogP contribution in [0.1, 0.15) is 46.4 Å². The van der Waals surface area contributed by atoms with Gasteiger partial charge >= 0.3 is 11.9 Å². The maximum absolute atomic E-state index is 16.7. The zero-order valence-electron chi connectivity index (χ0n) is 20.7. The molecular formula is C28H25ClFN3O5. The summed E-state index contributed by atoms with van der Waals surface area (Å²) in [6, 6.07) is 16.7. The van der Waals surface area contributed by atoms with Gasteiger partial charge in [-0.3, -0.25) is 0 Å². The third kappa shape index (κ3) is 4.75. The number of benzene rings is 2. The molecule has 1 aliphatic heterocycles. The van der Waals surface area contributed by atoms with Crippen LogP contribution in [0.5, 0.6) is 0 Å². The van der Waals surface area contributed by atoms with Crippen LogP contribution in [-0.4, -0.2) is 51.0 Å². The molecule has 0 N–H and O–H groups in total. The van der Waals surface area contributed by atoms with Crippen LogP contribution in [0.4, 0.5) is 4.39 Å². The quantitative estimate of drug-likeness (QED) is 0.231. The largest absolute Gasteiger partial charge is 0.459 e. The van der Waals surface area contributed by atoms with Crippen molar-refractivity contribution in [2.75, 3.05) is 6.61 Å². The van der Waals surface area contributed by atoms with E-state index in [1.807, 2.05) is 6.92 Å². The van der Waals surface area contributed by atoms with Gasteiger partial charge < -0.3 is 18.8 Å². The lowest BCUT2D eigenvalue weighted by Crippen LogP contribution is -2.44. The number of esters is 2. The first-order valence-electron chi connectivity index (χ1n) is 12.1. The highest BCUT2D eigenvalue weighted by atomic mass is 35.5. The second kappa shape index (κ2) is 10.5. The Morgan fingerprint density at radius 1 is 1.05 bits per heavy atom. The van der Waals surface area contributed by atoms with E-state index >= 15 is 4.39 Å². The first-order valence-corrected chi connectivity index (χ1v) is 12.5. The number of alkyl halides is 1. The maximum Gasteiger partial charge on any atom is 0.338 e. The van der Waals surface area contributed by atoms with Crippen molar-refractivity contribution in [2.45, 2.75) is 44.4 Å². The minimum atomic E-state index is -2.23. The lowest BCUT2D eigenvalue weighted by Gasteiger charge is -2.28. The number of carbonyl (C=O) groups is 2. The highest BCUT2D eigenvalue weighted by Crippen LogP contribution is 2.45. The molecule has 38 heavy (non-hydrogen) atoms. The van der Waals surface area contributed by atoms with Gasteiger partial charge in [0.05, 0.1) is 16.5 Å². The predicted molar refractivity (Wildman–Crippen MR) is 138 cm³/mol. The van der Waals surface area contributed by atoms with Gasteiger partial charge in [-0.2, -0.15) is 0 Å². The molecule has 8 nitrogen and oxygen atoms in total. The van der Waals surface area contributed by atoms with E-state index in [9.17, 15) is 9.59 Å². The fraction of sp³-hybridized carbons (Fsp3) is 0.286. The molecule has 1 fully saturated rings. The molecule has 3 heterocycles. The molecule has 2 aromatic heterocycles. The summed E-state index contributed by atoms with van der Waals surface area (Å²) in [5.74, 6) is -1.33. The Balaban J connectivity index is 1.49. The van der Waals surface area contributed by atoms with Crippen molar-refractivity contribution in [1.82, 2.24) is 14.5 Å². The number of nitrogens with zero attached hydrogens (tertiary/aromatic N) is 3. The third-order valence-electron chi connectivity index (χ3n) is 6.59. The maximum atomic E-state index is 16.7. The van der Waals surface area contributed by atoms with Gasteiger partial charge in [0.15, 0.2) is 18.0 Å². The summed E-state index contributed by atoms with van der Waals surface area (Å²) in [4.78, 5) is 33.9. The fourth-order valence-corrected chi connectivity index (χ4v) is 4.92. The van der Waals surface area contributed by atoms with Crippen LogP contribution in [-0.2, 0) is 20.6 Å². The minimum absolute atomic E-state index is 0.240. The van der Waals surface area contributed by atoms with Crippen molar-refractivity contribution in [3.8, 4) is 0 Å². The Labute approximate surface area is 223 Å². The number of hydrogen-bond acceptors (Lipinski definition) is 7. The Morgan fingerprint density at radius 2 is 1.68 bits per heavy atom. The number of aryl methyl sites for hydroxylation is 1. The number of halogens is 2. The third-order valence-corrected chi connectivity index (χ3v) is 6.87. The van der Waals surface area contributed by atoms with Crippen LogP contribution in [0.2, 0.25) is 5.15 Å². The monoisotopic (exact) mass is 537 g/mol. The average Bonchev–Trinajstić information content (AvgIpc) is 3.43. The van der Waals surface area contributed by atoms with Gasteiger partial charge in [-0.05, 0) is 43.2 Å².